The molecule has 1 unspecified atom stereocenters. The average molecular weight is 255 g/mol. The molecule has 1 saturated heterocycles. The van der Waals surface area contributed by atoms with Gasteiger partial charge in [-0.3, -0.25) is 9.78 Å². The molecule has 0 bridgehead atoms. The second-order valence-corrected chi connectivity index (χ2v) is 5.03. The van der Waals surface area contributed by atoms with Crippen LogP contribution in [0.2, 0.25) is 0 Å². The smallest absolute Gasteiger partial charge is 0.165 e. The molecule has 0 aliphatic carbocycles. The molecule has 0 N–H and O–H groups in total. The van der Waals surface area contributed by atoms with Crippen molar-refractivity contribution in [2.75, 3.05) is 6.61 Å². The minimum Gasteiger partial charge on any atom is -0.378 e. The molecule has 0 spiro atoms. The Bertz CT molecular complexity index is 588. The van der Waals surface area contributed by atoms with E-state index in [4.69, 9.17) is 4.74 Å². The van der Waals surface area contributed by atoms with Gasteiger partial charge in [-0.15, -0.1) is 0 Å². The molecular weight excluding hydrogens is 238 g/mol. The number of aromatic nitrogens is 1. The number of hydrogen-bond donors (Lipinski definition) is 0. The minimum absolute atomic E-state index is 0.103. The number of nitrogens with zero attached hydrogens (tertiary/aromatic N) is 1. The highest BCUT2D eigenvalue weighted by atomic mass is 16.5. The molecule has 0 radical (unpaired) electrons. The molecule has 1 aliphatic rings. The van der Waals surface area contributed by atoms with Gasteiger partial charge in [0.2, 0.25) is 0 Å². The number of rotatable bonds is 3. The quantitative estimate of drug-likeness (QED) is 0.789. The van der Waals surface area contributed by atoms with Gasteiger partial charge in [-0.05, 0) is 43.5 Å². The fourth-order valence-electron chi connectivity index (χ4n) is 2.54. The van der Waals surface area contributed by atoms with E-state index in [-0.39, 0.29) is 11.9 Å². The molecule has 2 heterocycles. The highest BCUT2D eigenvalue weighted by Gasteiger charge is 2.18. The number of pyridine rings is 1. The average Bonchev–Trinajstić information content (AvgIpc) is 2.48. The third kappa shape index (κ3) is 2.82. The van der Waals surface area contributed by atoms with Crippen molar-refractivity contribution in [1.29, 1.82) is 0 Å². The van der Waals surface area contributed by atoms with Gasteiger partial charge in [0.05, 0.1) is 11.6 Å². The van der Waals surface area contributed by atoms with Crippen LogP contribution in [0.3, 0.4) is 0 Å². The number of ketones is 1. The Morgan fingerprint density at radius 2 is 2.26 bits per heavy atom. The van der Waals surface area contributed by atoms with Crippen LogP contribution in [-0.4, -0.2) is 23.5 Å². The third-order valence-corrected chi connectivity index (χ3v) is 3.61. The molecule has 0 amide bonds. The van der Waals surface area contributed by atoms with Gasteiger partial charge in [0.1, 0.15) is 0 Å². The van der Waals surface area contributed by atoms with Gasteiger partial charge < -0.3 is 4.74 Å². The summed E-state index contributed by atoms with van der Waals surface area (Å²) in [7, 11) is 0. The standard InChI is InChI=1S/C16H17NO2/c18-16(11-14-5-1-2-9-19-14)13-6-7-15-12(10-13)4-3-8-17-15/h3-4,6-8,10,14H,1-2,5,9,11H2. The molecule has 3 heteroatoms. The Morgan fingerprint density at radius 1 is 1.32 bits per heavy atom. The van der Waals surface area contributed by atoms with E-state index in [1.165, 1.54) is 6.42 Å². The van der Waals surface area contributed by atoms with Crippen molar-refractivity contribution in [3.63, 3.8) is 0 Å². The van der Waals surface area contributed by atoms with Crippen LogP contribution in [0.4, 0.5) is 0 Å². The van der Waals surface area contributed by atoms with E-state index in [2.05, 4.69) is 4.98 Å². The summed E-state index contributed by atoms with van der Waals surface area (Å²) in [6, 6.07) is 9.56. The summed E-state index contributed by atoms with van der Waals surface area (Å²) in [6.07, 6.45) is 5.64. The van der Waals surface area contributed by atoms with Gasteiger partial charge in [-0.1, -0.05) is 6.07 Å². The summed E-state index contributed by atoms with van der Waals surface area (Å²) < 4.78 is 5.62. The van der Waals surface area contributed by atoms with Crippen molar-refractivity contribution in [1.82, 2.24) is 4.98 Å². The monoisotopic (exact) mass is 255 g/mol. The maximum atomic E-state index is 12.3. The molecule has 0 saturated carbocycles. The molecule has 3 rings (SSSR count). The number of benzene rings is 1. The Kier molecular flexibility index (Phi) is 3.56. The maximum absolute atomic E-state index is 12.3. The first-order valence-electron chi connectivity index (χ1n) is 6.82. The maximum Gasteiger partial charge on any atom is 0.165 e. The predicted molar refractivity (Wildman–Crippen MR) is 74.3 cm³/mol. The van der Waals surface area contributed by atoms with E-state index in [1.54, 1.807) is 6.20 Å². The highest BCUT2D eigenvalue weighted by Crippen LogP contribution is 2.20. The second kappa shape index (κ2) is 5.49. The lowest BCUT2D eigenvalue weighted by Crippen LogP contribution is -2.22. The lowest BCUT2D eigenvalue weighted by Gasteiger charge is -2.21. The van der Waals surface area contributed by atoms with E-state index in [0.29, 0.717) is 6.42 Å². The van der Waals surface area contributed by atoms with Crippen molar-refractivity contribution >= 4 is 16.7 Å². The Morgan fingerprint density at radius 3 is 3.11 bits per heavy atom. The van der Waals surface area contributed by atoms with Crippen LogP contribution >= 0.6 is 0 Å². The van der Waals surface area contributed by atoms with Crippen molar-refractivity contribution in [2.45, 2.75) is 31.8 Å². The van der Waals surface area contributed by atoms with Gasteiger partial charge in [0.25, 0.3) is 0 Å². The minimum atomic E-state index is 0.103. The van der Waals surface area contributed by atoms with Crippen molar-refractivity contribution < 1.29 is 9.53 Å². The van der Waals surface area contributed by atoms with Gasteiger partial charge in [0.15, 0.2) is 5.78 Å². The first-order valence-corrected chi connectivity index (χ1v) is 6.82. The Hall–Kier alpha value is -1.74. The molecular formula is C16H17NO2. The fourth-order valence-corrected chi connectivity index (χ4v) is 2.54. The van der Waals surface area contributed by atoms with Crippen molar-refractivity contribution in [2.24, 2.45) is 0 Å². The Balaban J connectivity index is 1.77. The van der Waals surface area contributed by atoms with Gasteiger partial charge in [0, 0.05) is 30.2 Å². The molecule has 1 atom stereocenters. The van der Waals surface area contributed by atoms with E-state index in [1.807, 2.05) is 30.3 Å². The van der Waals surface area contributed by atoms with Gasteiger partial charge in [-0.2, -0.15) is 0 Å². The molecule has 1 aromatic heterocycles. The topological polar surface area (TPSA) is 39.2 Å². The Labute approximate surface area is 112 Å². The van der Waals surface area contributed by atoms with Crippen LogP contribution in [0.1, 0.15) is 36.0 Å². The predicted octanol–water partition coefficient (Wildman–Crippen LogP) is 3.38. The zero-order valence-corrected chi connectivity index (χ0v) is 10.8. The van der Waals surface area contributed by atoms with Crippen LogP contribution in [0.15, 0.2) is 36.5 Å². The summed E-state index contributed by atoms with van der Waals surface area (Å²) >= 11 is 0. The normalized spacial score (nSPS) is 19.5. The number of ether oxygens (including phenoxy) is 1. The van der Waals surface area contributed by atoms with Crippen molar-refractivity contribution in [3.05, 3.63) is 42.1 Å². The van der Waals surface area contributed by atoms with E-state index < -0.39 is 0 Å². The summed E-state index contributed by atoms with van der Waals surface area (Å²) in [5.41, 5.74) is 1.68. The first kappa shape index (κ1) is 12.3. The van der Waals surface area contributed by atoms with Gasteiger partial charge >= 0.3 is 0 Å². The van der Waals surface area contributed by atoms with E-state index >= 15 is 0 Å². The van der Waals surface area contributed by atoms with Crippen LogP contribution in [0.25, 0.3) is 10.9 Å². The number of carbonyl (C=O) groups excluding carboxylic acids is 1. The molecule has 3 nitrogen and oxygen atoms in total. The van der Waals surface area contributed by atoms with Crippen LogP contribution in [-0.2, 0) is 4.74 Å². The van der Waals surface area contributed by atoms with E-state index in [9.17, 15) is 4.79 Å². The second-order valence-electron chi connectivity index (χ2n) is 5.03. The molecule has 1 aliphatic heterocycles. The first-order chi connectivity index (χ1) is 9.33. The molecule has 19 heavy (non-hydrogen) atoms. The molecule has 1 aromatic carbocycles. The molecule has 98 valence electrons. The van der Waals surface area contributed by atoms with E-state index in [0.717, 1.165) is 35.9 Å². The summed E-state index contributed by atoms with van der Waals surface area (Å²) in [6.45, 7) is 0.791. The number of hydrogen-bond acceptors (Lipinski definition) is 3. The number of Topliss-reactive ketones (excluding diaryl/α,β-unsaturated/α-hetero) is 1. The van der Waals surface area contributed by atoms with Crippen LogP contribution in [0.5, 0.6) is 0 Å². The molecule has 1 fully saturated rings. The summed E-state index contributed by atoms with van der Waals surface area (Å²) in [4.78, 5) is 16.5. The lowest BCUT2D eigenvalue weighted by atomic mass is 9.99. The third-order valence-electron chi connectivity index (χ3n) is 3.61. The fraction of sp³-hybridized carbons (Fsp3) is 0.375. The highest BCUT2D eigenvalue weighted by molar-refractivity contribution is 5.99. The van der Waals surface area contributed by atoms with Crippen LogP contribution < -0.4 is 0 Å². The zero-order chi connectivity index (χ0) is 13.1. The van der Waals surface area contributed by atoms with Crippen LogP contribution in [0, 0.1) is 0 Å². The summed E-state index contributed by atoms with van der Waals surface area (Å²) in [5, 5.41) is 1.01. The SMILES string of the molecule is O=C(CC1CCCCO1)c1ccc2ncccc2c1. The van der Waals surface area contributed by atoms with Gasteiger partial charge in [-0.25, -0.2) is 0 Å². The number of fused-ring (bicyclic) bond motifs is 1. The largest absolute Gasteiger partial charge is 0.378 e. The lowest BCUT2D eigenvalue weighted by molar-refractivity contribution is 0.0129. The number of carbonyl (C=O) groups is 1. The summed E-state index contributed by atoms with van der Waals surface area (Å²) in [5.74, 6) is 0.164. The molecule has 2 aromatic rings. The zero-order valence-electron chi connectivity index (χ0n) is 10.8. The van der Waals surface area contributed by atoms with Crippen molar-refractivity contribution in [3.8, 4) is 0 Å².